The third-order valence-corrected chi connectivity index (χ3v) is 1.89. The predicted octanol–water partition coefficient (Wildman–Crippen LogP) is 2.21. The van der Waals surface area contributed by atoms with E-state index in [2.05, 4.69) is 18.3 Å². The summed E-state index contributed by atoms with van der Waals surface area (Å²) in [7, 11) is 1.93. The summed E-state index contributed by atoms with van der Waals surface area (Å²) in [4.78, 5) is 0. The van der Waals surface area contributed by atoms with Crippen molar-refractivity contribution in [2.24, 2.45) is 0 Å². The Morgan fingerprint density at radius 2 is 2.33 bits per heavy atom. The van der Waals surface area contributed by atoms with E-state index < -0.39 is 0 Å². The van der Waals surface area contributed by atoms with E-state index in [-0.39, 0.29) is 0 Å². The molecule has 0 bridgehead atoms. The molecule has 0 saturated carbocycles. The molecule has 1 aromatic heterocycles. The zero-order valence-corrected chi connectivity index (χ0v) is 7.79. The maximum atomic E-state index is 5.24. The quantitative estimate of drug-likeness (QED) is 0.742. The minimum atomic E-state index is 0.384. The molecule has 0 amide bonds. The topological polar surface area (TPSA) is 25.2 Å². The summed E-state index contributed by atoms with van der Waals surface area (Å²) in [6.07, 6.45) is 5.78. The van der Waals surface area contributed by atoms with Gasteiger partial charge in [-0.2, -0.15) is 0 Å². The molecule has 0 aliphatic heterocycles. The molecule has 1 aromatic rings. The van der Waals surface area contributed by atoms with Crippen LogP contribution in [0.1, 0.15) is 18.2 Å². The number of nitrogens with one attached hydrogen (secondary N) is 1. The number of hydrogen-bond donors (Lipinski definition) is 1. The highest BCUT2D eigenvalue weighted by atomic mass is 16.3. The summed E-state index contributed by atoms with van der Waals surface area (Å²) < 4.78 is 5.24. The Kier molecular flexibility index (Phi) is 3.11. The van der Waals surface area contributed by atoms with E-state index >= 15 is 0 Å². The number of aryl methyl sites for hydroxylation is 1. The van der Waals surface area contributed by atoms with E-state index in [9.17, 15) is 0 Å². The average Bonchev–Trinajstić information content (AvgIpc) is 2.47. The molecule has 1 N–H and O–H groups in total. The van der Waals surface area contributed by atoms with Crippen LogP contribution in [0.4, 0.5) is 0 Å². The first-order valence-electron chi connectivity index (χ1n) is 4.13. The normalized spacial score (nSPS) is 13.9. The van der Waals surface area contributed by atoms with Crippen molar-refractivity contribution in [3.05, 3.63) is 29.7 Å². The van der Waals surface area contributed by atoms with Crippen molar-refractivity contribution in [3.8, 4) is 0 Å². The van der Waals surface area contributed by atoms with Gasteiger partial charge >= 0.3 is 0 Å². The Balaban J connectivity index is 2.63. The molecule has 0 saturated heterocycles. The second kappa shape index (κ2) is 4.12. The fourth-order valence-corrected chi connectivity index (χ4v) is 0.883. The second-order valence-electron chi connectivity index (χ2n) is 2.90. The van der Waals surface area contributed by atoms with Crippen LogP contribution in [-0.4, -0.2) is 13.1 Å². The van der Waals surface area contributed by atoms with Gasteiger partial charge in [0.15, 0.2) is 0 Å². The SMILES string of the molecule is CNC(C)/C=C/c1occc1C. The molecule has 0 aliphatic carbocycles. The highest BCUT2D eigenvalue weighted by Gasteiger charge is 1.96. The molecular formula is C10H15NO. The van der Waals surface area contributed by atoms with Gasteiger partial charge in [-0.05, 0) is 38.6 Å². The lowest BCUT2D eigenvalue weighted by atomic mass is 10.2. The lowest BCUT2D eigenvalue weighted by Gasteiger charge is -2.01. The van der Waals surface area contributed by atoms with Crippen molar-refractivity contribution >= 4 is 6.08 Å². The molecule has 2 nitrogen and oxygen atoms in total. The standard InChI is InChI=1S/C10H15NO/c1-8-6-7-12-10(8)5-4-9(2)11-3/h4-7,9,11H,1-3H3/b5-4+. The van der Waals surface area contributed by atoms with Crippen LogP contribution in [0.25, 0.3) is 6.08 Å². The van der Waals surface area contributed by atoms with Gasteiger partial charge in [-0.3, -0.25) is 0 Å². The zero-order valence-electron chi connectivity index (χ0n) is 7.79. The van der Waals surface area contributed by atoms with Gasteiger partial charge in [-0.1, -0.05) is 6.08 Å². The van der Waals surface area contributed by atoms with E-state index in [0.717, 1.165) is 5.76 Å². The molecule has 0 fully saturated rings. The van der Waals surface area contributed by atoms with Gasteiger partial charge in [-0.15, -0.1) is 0 Å². The Hall–Kier alpha value is -1.02. The summed E-state index contributed by atoms with van der Waals surface area (Å²) in [5.74, 6) is 0.942. The molecule has 1 atom stereocenters. The van der Waals surface area contributed by atoms with Crippen LogP contribution in [0.15, 0.2) is 22.8 Å². The Bertz CT molecular complexity index is 263. The fourth-order valence-electron chi connectivity index (χ4n) is 0.883. The minimum absolute atomic E-state index is 0.384. The van der Waals surface area contributed by atoms with Crippen molar-refractivity contribution in [2.45, 2.75) is 19.9 Å². The first kappa shape index (κ1) is 9.07. The van der Waals surface area contributed by atoms with E-state index in [0.29, 0.717) is 6.04 Å². The fraction of sp³-hybridized carbons (Fsp3) is 0.400. The predicted molar refractivity (Wildman–Crippen MR) is 51.0 cm³/mol. The molecule has 12 heavy (non-hydrogen) atoms. The Labute approximate surface area is 73.3 Å². The molecule has 0 radical (unpaired) electrons. The van der Waals surface area contributed by atoms with E-state index in [1.54, 1.807) is 6.26 Å². The van der Waals surface area contributed by atoms with Crippen LogP contribution >= 0.6 is 0 Å². The van der Waals surface area contributed by atoms with Gasteiger partial charge in [0.2, 0.25) is 0 Å². The van der Waals surface area contributed by atoms with Crippen LogP contribution in [0, 0.1) is 6.92 Å². The average molecular weight is 165 g/mol. The Morgan fingerprint density at radius 1 is 1.58 bits per heavy atom. The van der Waals surface area contributed by atoms with E-state index in [1.807, 2.05) is 26.1 Å². The lowest BCUT2D eigenvalue weighted by Crippen LogP contribution is -2.17. The first-order chi connectivity index (χ1) is 5.74. The van der Waals surface area contributed by atoms with Crippen molar-refractivity contribution < 1.29 is 4.42 Å². The summed E-state index contributed by atoms with van der Waals surface area (Å²) >= 11 is 0. The number of likely N-dealkylation sites (N-methyl/N-ethyl adjacent to an activating group) is 1. The van der Waals surface area contributed by atoms with Crippen molar-refractivity contribution in [2.75, 3.05) is 7.05 Å². The van der Waals surface area contributed by atoms with Gasteiger partial charge in [0.05, 0.1) is 6.26 Å². The minimum Gasteiger partial charge on any atom is -0.465 e. The third-order valence-electron chi connectivity index (χ3n) is 1.89. The Morgan fingerprint density at radius 3 is 2.83 bits per heavy atom. The summed E-state index contributed by atoms with van der Waals surface area (Å²) in [6, 6.07) is 2.35. The second-order valence-corrected chi connectivity index (χ2v) is 2.90. The third kappa shape index (κ3) is 2.24. The summed E-state index contributed by atoms with van der Waals surface area (Å²) in [5.41, 5.74) is 1.18. The molecule has 66 valence electrons. The lowest BCUT2D eigenvalue weighted by molar-refractivity contribution is 0.554. The van der Waals surface area contributed by atoms with Crippen LogP contribution in [-0.2, 0) is 0 Å². The number of rotatable bonds is 3. The number of hydrogen-bond acceptors (Lipinski definition) is 2. The van der Waals surface area contributed by atoms with E-state index in [4.69, 9.17) is 4.42 Å². The van der Waals surface area contributed by atoms with Crippen LogP contribution in [0.3, 0.4) is 0 Å². The van der Waals surface area contributed by atoms with E-state index in [1.165, 1.54) is 5.56 Å². The first-order valence-corrected chi connectivity index (χ1v) is 4.13. The van der Waals surface area contributed by atoms with Gasteiger partial charge in [0.1, 0.15) is 5.76 Å². The highest BCUT2D eigenvalue weighted by molar-refractivity contribution is 5.47. The van der Waals surface area contributed by atoms with Gasteiger partial charge in [0, 0.05) is 6.04 Å². The number of furan rings is 1. The monoisotopic (exact) mass is 165 g/mol. The van der Waals surface area contributed by atoms with Gasteiger partial charge in [0.25, 0.3) is 0 Å². The molecule has 0 aromatic carbocycles. The smallest absolute Gasteiger partial charge is 0.129 e. The maximum Gasteiger partial charge on any atom is 0.129 e. The van der Waals surface area contributed by atoms with Crippen LogP contribution < -0.4 is 5.32 Å². The van der Waals surface area contributed by atoms with Crippen LogP contribution in [0.2, 0.25) is 0 Å². The van der Waals surface area contributed by atoms with Gasteiger partial charge < -0.3 is 9.73 Å². The summed E-state index contributed by atoms with van der Waals surface area (Å²) in [6.45, 7) is 4.13. The van der Waals surface area contributed by atoms with Gasteiger partial charge in [-0.25, -0.2) is 0 Å². The van der Waals surface area contributed by atoms with Crippen molar-refractivity contribution in [1.82, 2.24) is 5.32 Å². The maximum absolute atomic E-state index is 5.24. The van der Waals surface area contributed by atoms with Crippen molar-refractivity contribution in [3.63, 3.8) is 0 Å². The molecule has 1 rings (SSSR count). The molecule has 1 unspecified atom stereocenters. The summed E-state index contributed by atoms with van der Waals surface area (Å²) in [5, 5.41) is 3.12. The molecular weight excluding hydrogens is 150 g/mol. The molecule has 2 heteroatoms. The van der Waals surface area contributed by atoms with Crippen LogP contribution in [0.5, 0.6) is 0 Å². The highest BCUT2D eigenvalue weighted by Crippen LogP contribution is 2.10. The largest absolute Gasteiger partial charge is 0.465 e. The molecule has 0 aliphatic rings. The molecule has 0 spiro atoms. The van der Waals surface area contributed by atoms with Crippen molar-refractivity contribution in [1.29, 1.82) is 0 Å². The molecule has 1 heterocycles. The zero-order chi connectivity index (χ0) is 8.97.